The number of amides is 2. The second-order valence-electron chi connectivity index (χ2n) is 8.78. The van der Waals surface area contributed by atoms with Crippen LogP contribution in [0.25, 0.3) is 0 Å². The van der Waals surface area contributed by atoms with Gasteiger partial charge in [-0.1, -0.05) is 25.1 Å². The number of methoxy groups -OCH3 is 1. The van der Waals surface area contributed by atoms with Crippen molar-refractivity contribution in [1.29, 1.82) is 0 Å². The number of rotatable bonds is 6. The molecule has 33 heavy (non-hydrogen) atoms. The Kier molecular flexibility index (Phi) is 9.03. The average Bonchev–Trinajstić information content (AvgIpc) is 3.25. The topological polar surface area (TPSA) is 70.9 Å². The summed E-state index contributed by atoms with van der Waals surface area (Å²) in [4.78, 5) is 32.5. The molecule has 0 radical (unpaired) electrons. The van der Waals surface area contributed by atoms with Crippen molar-refractivity contribution in [2.75, 3.05) is 44.8 Å². The van der Waals surface area contributed by atoms with E-state index in [-0.39, 0.29) is 18.4 Å². The van der Waals surface area contributed by atoms with E-state index in [0.29, 0.717) is 31.4 Å². The van der Waals surface area contributed by atoms with E-state index in [0.717, 1.165) is 43.7 Å². The monoisotopic (exact) mass is 455 g/mol. The van der Waals surface area contributed by atoms with Crippen LogP contribution < -0.4 is 4.90 Å². The smallest absolute Gasteiger partial charge is 0.274 e. The van der Waals surface area contributed by atoms with Crippen LogP contribution in [-0.4, -0.2) is 77.3 Å². The molecule has 2 aromatic rings. The van der Waals surface area contributed by atoms with Gasteiger partial charge in [-0.15, -0.1) is 0 Å². The molecule has 3 rings (SSSR count). The molecule has 2 heterocycles. The molecule has 1 aromatic carbocycles. The summed E-state index contributed by atoms with van der Waals surface area (Å²) in [5.74, 6) is -0.158. The number of benzene rings is 1. The van der Waals surface area contributed by atoms with Crippen molar-refractivity contribution in [3.63, 3.8) is 0 Å². The molecule has 8 nitrogen and oxygen atoms in total. The third-order valence-corrected chi connectivity index (χ3v) is 6.03. The second kappa shape index (κ2) is 12.0. The molecule has 0 unspecified atom stereocenters. The number of nitrogens with zero attached hydrogens (tertiary/aromatic N) is 5. The second-order valence-corrected chi connectivity index (χ2v) is 8.78. The molecule has 1 aliphatic heterocycles. The van der Waals surface area contributed by atoms with Gasteiger partial charge in [-0.05, 0) is 44.4 Å². The van der Waals surface area contributed by atoms with Crippen LogP contribution in [-0.2, 0) is 22.6 Å². The van der Waals surface area contributed by atoms with Gasteiger partial charge in [0.2, 0.25) is 0 Å². The van der Waals surface area contributed by atoms with Crippen molar-refractivity contribution in [2.24, 2.45) is 0 Å². The molecule has 2 amide bonds. The summed E-state index contributed by atoms with van der Waals surface area (Å²) in [6.07, 6.45) is 3.67. The predicted molar refractivity (Wildman–Crippen MR) is 129 cm³/mol. The molecule has 0 bridgehead atoms. The highest BCUT2D eigenvalue weighted by Gasteiger charge is 2.25. The fraction of sp³-hybridized carbons (Fsp3) is 0.560. The summed E-state index contributed by atoms with van der Waals surface area (Å²) in [5, 5.41) is 4.50. The molecule has 8 heteroatoms. The maximum absolute atomic E-state index is 13.5. The largest absolute Gasteiger partial charge is 0.375 e. The van der Waals surface area contributed by atoms with Crippen LogP contribution in [0.4, 0.5) is 5.69 Å². The molecule has 0 aliphatic carbocycles. The van der Waals surface area contributed by atoms with Crippen molar-refractivity contribution in [3.8, 4) is 0 Å². The summed E-state index contributed by atoms with van der Waals surface area (Å²) < 4.78 is 6.97. The number of hydrogen-bond acceptors (Lipinski definition) is 5. The molecule has 1 aliphatic rings. The summed E-state index contributed by atoms with van der Waals surface area (Å²) >= 11 is 0. The van der Waals surface area contributed by atoms with Crippen LogP contribution in [0.5, 0.6) is 0 Å². The van der Waals surface area contributed by atoms with Gasteiger partial charge < -0.3 is 14.5 Å². The lowest BCUT2D eigenvalue weighted by Crippen LogP contribution is -2.41. The van der Waals surface area contributed by atoms with E-state index in [1.807, 2.05) is 40.0 Å². The van der Waals surface area contributed by atoms with E-state index in [4.69, 9.17) is 4.74 Å². The maximum atomic E-state index is 13.5. The highest BCUT2D eigenvalue weighted by molar-refractivity contribution is 5.95. The molecule has 0 fully saturated rings. The lowest BCUT2D eigenvalue weighted by atomic mass is 10.1. The Balaban J connectivity index is 1.96. The van der Waals surface area contributed by atoms with Gasteiger partial charge >= 0.3 is 0 Å². The van der Waals surface area contributed by atoms with E-state index in [9.17, 15) is 9.59 Å². The summed E-state index contributed by atoms with van der Waals surface area (Å²) in [5.41, 5.74) is 2.24. The fourth-order valence-corrected chi connectivity index (χ4v) is 4.25. The van der Waals surface area contributed by atoms with Crippen LogP contribution in [0, 0.1) is 0 Å². The minimum atomic E-state index is -0.0858. The molecule has 0 spiro atoms. The third kappa shape index (κ3) is 6.42. The Morgan fingerprint density at radius 1 is 1.09 bits per heavy atom. The van der Waals surface area contributed by atoms with Gasteiger partial charge in [0, 0.05) is 64.3 Å². The van der Waals surface area contributed by atoms with Gasteiger partial charge in [0.05, 0.1) is 0 Å². The minimum absolute atomic E-state index is 0.0275. The number of carbonyl (C=O) groups is 2. The lowest BCUT2D eigenvalue weighted by molar-refractivity contribution is -0.122. The molecular formula is C25H37N5O3. The Morgan fingerprint density at radius 3 is 2.61 bits per heavy atom. The zero-order valence-electron chi connectivity index (χ0n) is 20.4. The zero-order chi connectivity index (χ0) is 23.8. The molecule has 0 atom stereocenters. The number of aromatic nitrogens is 2. The predicted octanol–water partition coefficient (Wildman–Crippen LogP) is 3.03. The number of para-hydroxylation sites is 1. The first kappa shape index (κ1) is 24.9. The van der Waals surface area contributed by atoms with Crippen LogP contribution in [0.3, 0.4) is 0 Å². The van der Waals surface area contributed by atoms with Crippen LogP contribution in [0.1, 0.15) is 49.7 Å². The van der Waals surface area contributed by atoms with Gasteiger partial charge in [0.25, 0.3) is 11.8 Å². The van der Waals surface area contributed by atoms with Gasteiger partial charge in [0.1, 0.15) is 12.3 Å². The Hall–Kier alpha value is -2.71. The van der Waals surface area contributed by atoms with E-state index >= 15 is 0 Å². The maximum Gasteiger partial charge on any atom is 0.274 e. The van der Waals surface area contributed by atoms with Crippen molar-refractivity contribution >= 4 is 17.5 Å². The first-order chi connectivity index (χ1) is 15.9. The van der Waals surface area contributed by atoms with Crippen molar-refractivity contribution in [1.82, 2.24) is 19.6 Å². The number of fused-ring (bicyclic) bond motifs is 1. The fourth-order valence-electron chi connectivity index (χ4n) is 4.25. The highest BCUT2D eigenvalue weighted by Crippen LogP contribution is 2.24. The van der Waals surface area contributed by atoms with Gasteiger partial charge in [-0.3, -0.25) is 19.2 Å². The van der Waals surface area contributed by atoms with Gasteiger partial charge in [-0.25, -0.2) is 0 Å². The van der Waals surface area contributed by atoms with Gasteiger partial charge in [-0.2, -0.15) is 5.10 Å². The number of carbonyl (C=O) groups excluding carboxylic acids is 2. The lowest BCUT2D eigenvalue weighted by Gasteiger charge is -2.29. The Morgan fingerprint density at radius 2 is 1.88 bits per heavy atom. The molecule has 0 N–H and O–H groups in total. The SMILES string of the molecule is CCCn1ccc(C(=O)N2CCN(C(C)C)CCCN(C(=O)COC)c3ccccc3C2)n1. The van der Waals surface area contributed by atoms with Crippen molar-refractivity contribution in [3.05, 3.63) is 47.8 Å². The Labute approximate surface area is 197 Å². The quantitative estimate of drug-likeness (QED) is 0.670. The van der Waals surface area contributed by atoms with E-state index in [1.54, 1.807) is 11.0 Å². The van der Waals surface area contributed by atoms with Crippen LogP contribution in [0.15, 0.2) is 36.5 Å². The standard InChI is InChI=1S/C25H37N5O3/c1-5-12-29-15-11-22(26-29)25(32)28-17-16-27(20(2)3)13-8-14-30(24(31)19-33-4)23-10-7-6-9-21(23)18-28/h6-7,9-11,15,20H,5,8,12-14,16-19H2,1-4H3. The van der Waals surface area contributed by atoms with Crippen molar-refractivity contribution < 1.29 is 14.3 Å². The number of hydrogen-bond donors (Lipinski definition) is 0. The van der Waals surface area contributed by atoms with Crippen LogP contribution in [0.2, 0.25) is 0 Å². The van der Waals surface area contributed by atoms with E-state index < -0.39 is 0 Å². The molecular weight excluding hydrogens is 418 g/mol. The molecule has 0 saturated carbocycles. The minimum Gasteiger partial charge on any atom is -0.375 e. The first-order valence-electron chi connectivity index (χ1n) is 11.9. The summed E-state index contributed by atoms with van der Waals surface area (Å²) in [6.45, 7) is 10.5. The summed E-state index contributed by atoms with van der Waals surface area (Å²) in [6, 6.07) is 9.98. The third-order valence-electron chi connectivity index (χ3n) is 6.03. The average molecular weight is 456 g/mol. The highest BCUT2D eigenvalue weighted by atomic mass is 16.5. The molecule has 1 aromatic heterocycles. The molecule has 0 saturated heterocycles. The van der Waals surface area contributed by atoms with Crippen LogP contribution >= 0.6 is 0 Å². The number of aryl methyl sites for hydroxylation is 1. The normalized spacial score (nSPS) is 15.9. The first-order valence-corrected chi connectivity index (χ1v) is 11.9. The Bertz CT molecular complexity index is 926. The van der Waals surface area contributed by atoms with E-state index in [2.05, 4.69) is 30.8 Å². The van der Waals surface area contributed by atoms with Crippen molar-refractivity contribution in [2.45, 2.75) is 52.7 Å². The molecule has 180 valence electrons. The van der Waals surface area contributed by atoms with Gasteiger partial charge in [0.15, 0.2) is 0 Å². The number of anilines is 1. The number of ether oxygens (including phenoxy) is 1. The summed E-state index contributed by atoms with van der Waals surface area (Å²) in [7, 11) is 1.54. The zero-order valence-corrected chi connectivity index (χ0v) is 20.4. The van der Waals surface area contributed by atoms with E-state index in [1.165, 1.54) is 7.11 Å².